The van der Waals surface area contributed by atoms with Gasteiger partial charge in [0.1, 0.15) is 19.2 Å². The van der Waals surface area contributed by atoms with Crippen molar-refractivity contribution in [3.63, 3.8) is 0 Å². The quantitative estimate of drug-likeness (QED) is 0.842. The molecule has 0 unspecified atom stereocenters. The highest BCUT2D eigenvalue weighted by molar-refractivity contribution is 5.75. The Morgan fingerprint density at radius 1 is 1.28 bits per heavy atom. The fourth-order valence-corrected chi connectivity index (χ4v) is 1.79. The molecule has 98 valence electrons. The van der Waals surface area contributed by atoms with Crippen molar-refractivity contribution in [2.75, 3.05) is 6.61 Å². The van der Waals surface area contributed by atoms with Gasteiger partial charge in [-0.15, -0.1) is 0 Å². The number of aryl methyl sites for hydroxylation is 1. The maximum absolute atomic E-state index is 12.0. The van der Waals surface area contributed by atoms with Crippen molar-refractivity contribution >= 4 is 11.0 Å². The third kappa shape index (κ3) is 2.81. The first-order valence-electron chi connectivity index (χ1n) is 5.60. The molecule has 0 fully saturated rings. The summed E-state index contributed by atoms with van der Waals surface area (Å²) in [5.41, 5.74) is 1.56. The number of ether oxygens (including phenoxy) is 1. The molecule has 0 aliphatic heterocycles. The van der Waals surface area contributed by atoms with E-state index < -0.39 is 12.8 Å². The van der Waals surface area contributed by atoms with Gasteiger partial charge in [-0.05, 0) is 12.1 Å². The summed E-state index contributed by atoms with van der Waals surface area (Å²) in [5, 5.41) is 0. The van der Waals surface area contributed by atoms with Crippen molar-refractivity contribution in [3.8, 4) is 0 Å². The lowest BCUT2D eigenvalue weighted by atomic mass is 10.3. The number of para-hydroxylation sites is 2. The number of benzene rings is 1. The van der Waals surface area contributed by atoms with E-state index in [-0.39, 0.29) is 6.73 Å². The highest BCUT2D eigenvalue weighted by Crippen LogP contribution is 2.18. The number of nitrogens with zero attached hydrogens (tertiary/aromatic N) is 2. The van der Waals surface area contributed by atoms with E-state index in [2.05, 4.69) is 4.98 Å². The molecule has 0 atom stereocenters. The smallest absolute Gasteiger partial charge is 0.351 e. The van der Waals surface area contributed by atoms with E-state index in [0.717, 1.165) is 16.9 Å². The predicted molar refractivity (Wildman–Crippen MR) is 61.1 cm³/mol. The Balaban J connectivity index is 2.20. The van der Waals surface area contributed by atoms with Crippen molar-refractivity contribution in [1.82, 2.24) is 9.55 Å². The Morgan fingerprint density at radius 3 is 2.67 bits per heavy atom. The molecular formula is C12H13F3N2O. The predicted octanol–water partition coefficient (Wildman–Crippen LogP) is 3.14. The SMILES string of the molecule is CCc1nc2ccccc2n1COCC(F)(F)F. The monoisotopic (exact) mass is 258 g/mol. The van der Waals surface area contributed by atoms with Crippen molar-refractivity contribution < 1.29 is 17.9 Å². The summed E-state index contributed by atoms with van der Waals surface area (Å²) in [4.78, 5) is 4.35. The van der Waals surface area contributed by atoms with Gasteiger partial charge in [0.05, 0.1) is 11.0 Å². The minimum absolute atomic E-state index is 0.136. The number of imidazole rings is 1. The standard InChI is InChI=1S/C12H13F3N2O/c1-2-11-16-9-5-3-4-6-10(9)17(11)8-18-7-12(13,14)15/h3-6H,2,7-8H2,1H3. The molecule has 0 N–H and O–H groups in total. The van der Waals surface area contributed by atoms with E-state index in [1.165, 1.54) is 0 Å². The van der Waals surface area contributed by atoms with E-state index in [1.807, 2.05) is 31.2 Å². The van der Waals surface area contributed by atoms with Gasteiger partial charge in [0, 0.05) is 6.42 Å². The van der Waals surface area contributed by atoms with Crippen LogP contribution in [0.25, 0.3) is 11.0 Å². The maximum atomic E-state index is 12.0. The first-order valence-corrected chi connectivity index (χ1v) is 5.60. The van der Waals surface area contributed by atoms with E-state index in [0.29, 0.717) is 6.42 Å². The van der Waals surface area contributed by atoms with Crippen LogP contribution in [0.1, 0.15) is 12.7 Å². The molecule has 0 bridgehead atoms. The highest BCUT2D eigenvalue weighted by atomic mass is 19.4. The molecule has 0 aliphatic rings. The van der Waals surface area contributed by atoms with Gasteiger partial charge in [-0.2, -0.15) is 13.2 Å². The van der Waals surface area contributed by atoms with Gasteiger partial charge in [-0.3, -0.25) is 0 Å². The Hall–Kier alpha value is -1.56. The van der Waals surface area contributed by atoms with Gasteiger partial charge >= 0.3 is 6.18 Å². The topological polar surface area (TPSA) is 27.1 Å². The van der Waals surface area contributed by atoms with Crippen molar-refractivity contribution in [1.29, 1.82) is 0 Å². The van der Waals surface area contributed by atoms with Crippen LogP contribution >= 0.6 is 0 Å². The van der Waals surface area contributed by atoms with E-state index in [4.69, 9.17) is 4.74 Å². The number of hydrogen-bond acceptors (Lipinski definition) is 2. The molecule has 0 saturated carbocycles. The zero-order valence-corrected chi connectivity index (χ0v) is 9.87. The molecule has 0 aliphatic carbocycles. The lowest BCUT2D eigenvalue weighted by Crippen LogP contribution is -2.19. The second kappa shape index (κ2) is 4.97. The molecule has 3 nitrogen and oxygen atoms in total. The molecule has 0 radical (unpaired) electrons. The summed E-state index contributed by atoms with van der Waals surface area (Å²) in [6.45, 7) is 0.521. The molecule has 0 spiro atoms. The molecule has 1 aromatic carbocycles. The van der Waals surface area contributed by atoms with E-state index >= 15 is 0 Å². The number of alkyl halides is 3. The number of hydrogen-bond donors (Lipinski definition) is 0. The van der Waals surface area contributed by atoms with Gasteiger partial charge in [0.15, 0.2) is 0 Å². The fraction of sp³-hybridized carbons (Fsp3) is 0.417. The van der Waals surface area contributed by atoms with Gasteiger partial charge in [-0.1, -0.05) is 19.1 Å². The molecule has 6 heteroatoms. The molecule has 2 rings (SSSR count). The van der Waals surface area contributed by atoms with E-state index in [1.54, 1.807) is 4.57 Å². The third-order valence-corrected chi connectivity index (χ3v) is 2.54. The number of aromatic nitrogens is 2. The minimum Gasteiger partial charge on any atom is -0.351 e. The van der Waals surface area contributed by atoms with Crippen LogP contribution in [0, 0.1) is 0 Å². The van der Waals surface area contributed by atoms with Crippen LogP contribution in [0.15, 0.2) is 24.3 Å². The summed E-state index contributed by atoms with van der Waals surface area (Å²) in [6, 6.07) is 7.31. The number of halogens is 3. The molecule has 1 aromatic heterocycles. The Kier molecular flexibility index (Phi) is 3.56. The second-order valence-corrected chi connectivity index (χ2v) is 3.89. The van der Waals surface area contributed by atoms with Gasteiger partial charge in [0.2, 0.25) is 0 Å². The maximum Gasteiger partial charge on any atom is 0.411 e. The van der Waals surface area contributed by atoms with Crippen LogP contribution in [0.2, 0.25) is 0 Å². The van der Waals surface area contributed by atoms with Crippen LogP contribution in [-0.2, 0) is 17.9 Å². The molecule has 0 saturated heterocycles. The highest BCUT2D eigenvalue weighted by Gasteiger charge is 2.27. The third-order valence-electron chi connectivity index (χ3n) is 2.54. The molecular weight excluding hydrogens is 245 g/mol. The first-order chi connectivity index (χ1) is 8.51. The zero-order chi connectivity index (χ0) is 13.2. The van der Waals surface area contributed by atoms with E-state index in [9.17, 15) is 13.2 Å². The number of rotatable bonds is 4. The molecule has 1 heterocycles. The van der Waals surface area contributed by atoms with Crippen molar-refractivity contribution in [2.24, 2.45) is 0 Å². The van der Waals surface area contributed by atoms with Gasteiger partial charge in [-0.25, -0.2) is 4.98 Å². The van der Waals surface area contributed by atoms with Gasteiger partial charge < -0.3 is 9.30 Å². The molecule has 0 amide bonds. The zero-order valence-electron chi connectivity index (χ0n) is 9.87. The van der Waals surface area contributed by atoms with Crippen LogP contribution in [0.5, 0.6) is 0 Å². The van der Waals surface area contributed by atoms with Gasteiger partial charge in [0.25, 0.3) is 0 Å². The summed E-state index contributed by atoms with van der Waals surface area (Å²) in [5.74, 6) is 0.721. The largest absolute Gasteiger partial charge is 0.411 e. The Morgan fingerprint density at radius 2 is 2.00 bits per heavy atom. The van der Waals surface area contributed by atoms with Crippen LogP contribution in [0.3, 0.4) is 0 Å². The van der Waals surface area contributed by atoms with Crippen LogP contribution in [0.4, 0.5) is 13.2 Å². The lowest BCUT2D eigenvalue weighted by molar-refractivity contribution is -0.181. The fourth-order valence-electron chi connectivity index (χ4n) is 1.79. The second-order valence-electron chi connectivity index (χ2n) is 3.89. The van der Waals surface area contributed by atoms with Crippen LogP contribution in [-0.4, -0.2) is 22.3 Å². The Labute approximate surface area is 102 Å². The van der Waals surface area contributed by atoms with Crippen LogP contribution < -0.4 is 0 Å². The average molecular weight is 258 g/mol. The number of fused-ring (bicyclic) bond motifs is 1. The lowest BCUT2D eigenvalue weighted by Gasteiger charge is -2.10. The first kappa shape index (κ1) is 12.9. The summed E-state index contributed by atoms with van der Waals surface area (Å²) in [6.07, 6.45) is -3.66. The normalized spacial score (nSPS) is 12.2. The summed E-state index contributed by atoms with van der Waals surface area (Å²) < 4.78 is 42.5. The summed E-state index contributed by atoms with van der Waals surface area (Å²) in [7, 11) is 0. The summed E-state index contributed by atoms with van der Waals surface area (Å²) >= 11 is 0. The average Bonchev–Trinajstić information content (AvgIpc) is 2.66. The minimum atomic E-state index is -4.30. The Bertz CT molecular complexity index is 534. The molecule has 2 aromatic rings. The van der Waals surface area contributed by atoms with Crippen molar-refractivity contribution in [3.05, 3.63) is 30.1 Å². The molecule has 18 heavy (non-hydrogen) atoms. The van der Waals surface area contributed by atoms with Crippen molar-refractivity contribution in [2.45, 2.75) is 26.3 Å².